The fraction of sp³-hybridized carbons (Fsp3) is 1.00. The Bertz CT molecular complexity index is 327. The Labute approximate surface area is 124 Å². The van der Waals surface area contributed by atoms with Crippen LogP contribution in [0.25, 0.3) is 0 Å². The van der Waals surface area contributed by atoms with Crippen molar-refractivity contribution in [2.75, 3.05) is 7.11 Å². The largest absolute Gasteiger partial charge is 0.355 e. The van der Waals surface area contributed by atoms with E-state index < -0.39 is 11.3 Å². The molecule has 0 fully saturated rings. The van der Waals surface area contributed by atoms with Gasteiger partial charge in [-0.1, -0.05) is 0 Å². The van der Waals surface area contributed by atoms with Gasteiger partial charge in [0.05, 0.1) is 11.1 Å². The van der Waals surface area contributed by atoms with Crippen LogP contribution in [0.1, 0.15) is 68.7 Å². The summed E-state index contributed by atoms with van der Waals surface area (Å²) >= 11 is 0. The molecule has 0 aromatic rings. The molecule has 0 aliphatic heterocycles. The highest BCUT2D eigenvalue weighted by Gasteiger charge is 2.36. The number of methoxy groups -OCH3 is 1. The van der Waals surface area contributed by atoms with E-state index >= 15 is 0 Å². The lowest BCUT2D eigenvalue weighted by atomic mass is 9.97. The molecule has 0 bridgehead atoms. The third kappa shape index (κ3) is 9.39. The molecule has 0 aliphatic rings. The van der Waals surface area contributed by atoms with Gasteiger partial charge < -0.3 is 4.74 Å². The summed E-state index contributed by atoms with van der Waals surface area (Å²) in [5.74, 6) is 0. The van der Waals surface area contributed by atoms with Crippen molar-refractivity contribution in [3.05, 3.63) is 0 Å². The first kappa shape index (κ1) is 19.5. The molecule has 5 heteroatoms. The van der Waals surface area contributed by atoms with Crippen molar-refractivity contribution in [1.29, 1.82) is 0 Å². The minimum absolute atomic E-state index is 0.229. The summed E-state index contributed by atoms with van der Waals surface area (Å²) in [4.78, 5) is 10.9. The lowest BCUT2D eigenvalue weighted by molar-refractivity contribution is -0.402. The van der Waals surface area contributed by atoms with Crippen LogP contribution >= 0.6 is 0 Å². The van der Waals surface area contributed by atoms with E-state index in [4.69, 9.17) is 14.5 Å². The van der Waals surface area contributed by atoms with Gasteiger partial charge in [0, 0.05) is 13.5 Å². The molecule has 0 aliphatic carbocycles. The van der Waals surface area contributed by atoms with E-state index in [0.29, 0.717) is 6.42 Å². The normalized spacial score (nSPS) is 17.5. The maximum Gasteiger partial charge on any atom is 0.178 e. The minimum Gasteiger partial charge on any atom is -0.355 e. The molecule has 5 nitrogen and oxygen atoms in total. The topological polar surface area (TPSA) is 52.4 Å². The zero-order valence-electron chi connectivity index (χ0n) is 14.8. The van der Waals surface area contributed by atoms with Crippen molar-refractivity contribution in [1.82, 2.24) is 0 Å². The quantitative estimate of drug-likeness (QED) is 0.410. The Hall–Kier alpha value is -0.520. The van der Waals surface area contributed by atoms with E-state index in [1.807, 2.05) is 62.3 Å². The highest BCUT2D eigenvalue weighted by atomic mass is 17.2. The molecule has 120 valence electrons. The summed E-state index contributed by atoms with van der Waals surface area (Å²) in [6.07, 6.45) is 0.534. The van der Waals surface area contributed by atoms with Crippen LogP contribution < -0.4 is 0 Å². The predicted molar refractivity (Wildman–Crippen MR) is 80.6 cm³/mol. The highest BCUT2D eigenvalue weighted by molar-refractivity contribution is 4.82. The van der Waals surface area contributed by atoms with E-state index in [2.05, 4.69) is 10.2 Å². The standard InChI is InChI=1S/C15H32N2O3/c1-12(2,3)16-17-15(9,18-10)11-14(7,8)20-19-13(4,5)6/h11H2,1-10H3. The van der Waals surface area contributed by atoms with Crippen molar-refractivity contribution >= 4 is 0 Å². The Morgan fingerprint density at radius 3 is 1.60 bits per heavy atom. The van der Waals surface area contributed by atoms with E-state index in [1.54, 1.807) is 7.11 Å². The van der Waals surface area contributed by atoms with E-state index in [-0.39, 0.29) is 11.1 Å². The second kappa shape index (κ2) is 6.50. The van der Waals surface area contributed by atoms with Gasteiger partial charge in [-0.25, -0.2) is 9.78 Å². The average molecular weight is 288 g/mol. The van der Waals surface area contributed by atoms with Crippen LogP contribution in [-0.2, 0) is 14.5 Å². The van der Waals surface area contributed by atoms with Gasteiger partial charge in [0.1, 0.15) is 5.60 Å². The smallest absolute Gasteiger partial charge is 0.178 e. The zero-order valence-corrected chi connectivity index (χ0v) is 14.8. The van der Waals surface area contributed by atoms with Crippen LogP contribution in [0.15, 0.2) is 10.2 Å². The van der Waals surface area contributed by atoms with Crippen molar-refractivity contribution in [3.63, 3.8) is 0 Å². The third-order valence-electron chi connectivity index (χ3n) is 2.27. The molecule has 0 heterocycles. The van der Waals surface area contributed by atoms with Gasteiger partial charge in [0.2, 0.25) is 0 Å². The number of ether oxygens (including phenoxy) is 1. The molecule has 0 rings (SSSR count). The van der Waals surface area contributed by atoms with Gasteiger partial charge in [-0.2, -0.15) is 10.2 Å². The van der Waals surface area contributed by atoms with Gasteiger partial charge in [0.25, 0.3) is 0 Å². The first-order valence-corrected chi connectivity index (χ1v) is 7.04. The monoisotopic (exact) mass is 288 g/mol. The van der Waals surface area contributed by atoms with Crippen molar-refractivity contribution < 1.29 is 14.5 Å². The molecule has 0 radical (unpaired) electrons. The molecule has 20 heavy (non-hydrogen) atoms. The summed E-state index contributed by atoms with van der Waals surface area (Å²) < 4.78 is 5.51. The van der Waals surface area contributed by atoms with Gasteiger partial charge in [-0.3, -0.25) is 0 Å². The lowest BCUT2D eigenvalue weighted by Gasteiger charge is -2.34. The zero-order chi connectivity index (χ0) is 16.2. The molecule has 1 atom stereocenters. The summed E-state index contributed by atoms with van der Waals surface area (Å²) in [6.45, 7) is 17.6. The van der Waals surface area contributed by atoms with Crippen molar-refractivity contribution in [2.24, 2.45) is 10.2 Å². The van der Waals surface area contributed by atoms with Crippen LogP contribution in [0.5, 0.6) is 0 Å². The second-order valence-corrected chi connectivity index (χ2v) is 7.97. The third-order valence-corrected chi connectivity index (χ3v) is 2.27. The molecule has 0 N–H and O–H groups in total. The first-order chi connectivity index (χ1) is 8.68. The van der Waals surface area contributed by atoms with Gasteiger partial charge >= 0.3 is 0 Å². The predicted octanol–water partition coefficient (Wildman–Crippen LogP) is 4.52. The Kier molecular flexibility index (Phi) is 6.33. The SMILES string of the molecule is COC(C)(CC(C)(C)OOC(C)(C)C)N=NC(C)(C)C. The van der Waals surface area contributed by atoms with Gasteiger partial charge in [-0.15, -0.1) is 0 Å². The number of azo groups is 1. The van der Waals surface area contributed by atoms with E-state index in [9.17, 15) is 0 Å². The Morgan fingerprint density at radius 2 is 1.25 bits per heavy atom. The first-order valence-electron chi connectivity index (χ1n) is 7.04. The summed E-state index contributed by atoms with van der Waals surface area (Å²) in [5, 5.41) is 8.64. The highest BCUT2D eigenvalue weighted by Crippen LogP contribution is 2.30. The second-order valence-electron chi connectivity index (χ2n) is 7.97. The van der Waals surface area contributed by atoms with Crippen LogP contribution in [0.3, 0.4) is 0 Å². The minimum atomic E-state index is -0.738. The average Bonchev–Trinajstić information content (AvgIpc) is 2.22. The number of hydrogen-bond donors (Lipinski definition) is 0. The fourth-order valence-corrected chi connectivity index (χ4v) is 1.46. The van der Waals surface area contributed by atoms with Crippen molar-refractivity contribution in [3.8, 4) is 0 Å². The molecule has 0 saturated heterocycles. The number of rotatable bonds is 6. The van der Waals surface area contributed by atoms with E-state index in [1.165, 1.54) is 0 Å². The molecule has 0 spiro atoms. The molecular weight excluding hydrogens is 256 g/mol. The number of hydrogen-bond acceptors (Lipinski definition) is 5. The van der Waals surface area contributed by atoms with Gasteiger partial charge in [0.15, 0.2) is 5.72 Å². The molecular formula is C15H32N2O3. The maximum absolute atomic E-state index is 5.54. The van der Waals surface area contributed by atoms with Crippen LogP contribution in [0.2, 0.25) is 0 Å². The molecule has 0 aromatic heterocycles. The lowest BCUT2D eigenvalue weighted by Crippen LogP contribution is -2.39. The summed E-state index contributed by atoms with van der Waals surface area (Å²) in [5.41, 5.74) is -1.85. The molecule has 0 aromatic carbocycles. The van der Waals surface area contributed by atoms with Crippen LogP contribution in [-0.4, -0.2) is 29.6 Å². The Morgan fingerprint density at radius 1 is 0.750 bits per heavy atom. The van der Waals surface area contributed by atoms with Crippen LogP contribution in [0.4, 0.5) is 0 Å². The molecule has 1 unspecified atom stereocenters. The summed E-state index contributed by atoms with van der Waals surface area (Å²) in [6, 6.07) is 0. The van der Waals surface area contributed by atoms with E-state index in [0.717, 1.165) is 0 Å². The molecule has 0 amide bonds. The van der Waals surface area contributed by atoms with Crippen LogP contribution in [0, 0.1) is 0 Å². The molecule has 0 saturated carbocycles. The maximum atomic E-state index is 5.54. The summed E-state index contributed by atoms with van der Waals surface area (Å²) in [7, 11) is 1.63. The number of nitrogens with zero attached hydrogens (tertiary/aromatic N) is 2. The van der Waals surface area contributed by atoms with Gasteiger partial charge in [-0.05, 0) is 62.3 Å². The Balaban J connectivity index is 4.80. The van der Waals surface area contributed by atoms with Crippen molar-refractivity contribution in [2.45, 2.75) is 91.2 Å². The fourth-order valence-electron chi connectivity index (χ4n) is 1.46.